The van der Waals surface area contributed by atoms with E-state index in [9.17, 15) is 23.7 Å². The molecule has 4 rings (SSSR count). The molecule has 3 unspecified atom stereocenters. The van der Waals surface area contributed by atoms with Crippen molar-refractivity contribution in [1.82, 2.24) is 19.5 Å². The Morgan fingerprint density at radius 2 is 1.78 bits per heavy atom. The fourth-order valence-electron chi connectivity index (χ4n) is 3.20. The van der Waals surface area contributed by atoms with Gasteiger partial charge in [0.25, 0.3) is 0 Å². The molecule has 0 aromatic carbocycles. The fourth-order valence-corrected chi connectivity index (χ4v) is 6.43. The maximum Gasteiger partial charge on any atom is 0.490 e. The number of phosphoric acid groups is 3. The number of nitrogens with zero attached hydrogens (tertiary/aromatic N) is 4. The molecule has 0 radical (unpaired) electrons. The smallest absolute Gasteiger partial charge is 0.382 e. The van der Waals surface area contributed by atoms with Gasteiger partial charge in [0.1, 0.15) is 17.7 Å². The van der Waals surface area contributed by atoms with E-state index in [1.807, 2.05) is 0 Å². The molecule has 178 valence electrons. The van der Waals surface area contributed by atoms with Crippen molar-refractivity contribution in [1.29, 1.82) is 0 Å². The number of fused-ring (bicyclic) bond motifs is 2. The summed E-state index contributed by atoms with van der Waals surface area (Å²) in [7, 11) is -17.0. The topological polar surface area (TPSA) is 285 Å². The molecule has 2 aromatic heterocycles. The maximum absolute atomic E-state index is 15.0. The minimum Gasteiger partial charge on any atom is -0.382 e. The van der Waals surface area contributed by atoms with Gasteiger partial charge in [-0.1, -0.05) is 0 Å². The summed E-state index contributed by atoms with van der Waals surface area (Å²) in [6.07, 6.45) is -6.19. The highest BCUT2D eigenvalue weighted by molar-refractivity contribution is 7.66. The number of halogens is 1. The summed E-state index contributed by atoms with van der Waals surface area (Å²) in [4.78, 5) is 47.2. The first kappa shape index (κ1) is 23.6. The Morgan fingerprint density at radius 3 is 2.34 bits per heavy atom. The molecule has 0 amide bonds. The quantitative estimate of drug-likeness (QED) is 0.208. The second kappa shape index (κ2) is 7.20. The highest BCUT2D eigenvalue weighted by Crippen LogP contribution is 2.69. The third-order valence-corrected chi connectivity index (χ3v) is 8.28. The van der Waals surface area contributed by atoms with Gasteiger partial charge in [-0.3, -0.25) is 9.09 Å². The zero-order valence-corrected chi connectivity index (χ0v) is 17.8. The zero-order chi connectivity index (χ0) is 23.9. The number of alkyl halides is 1. The maximum atomic E-state index is 15.0. The Morgan fingerprint density at radius 1 is 1.12 bits per heavy atom. The molecular formula is C10H14FN6O12P3. The molecule has 0 spiro atoms. The van der Waals surface area contributed by atoms with Crippen molar-refractivity contribution in [2.75, 3.05) is 11.5 Å². The molecule has 2 aromatic rings. The van der Waals surface area contributed by atoms with Crippen LogP contribution in [0, 0.1) is 0 Å². The molecule has 2 aliphatic rings. The molecule has 1 saturated carbocycles. The van der Waals surface area contributed by atoms with Crippen molar-refractivity contribution in [3.63, 3.8) is 0 Å². The normalized spacial score (nSPS) is 33.6. The van der Waals surface area contributed by atoms with Crippen LogP contribution in [0.1, 0.15) is 6.23 Å². The third-order valence-electron chi connectivity index (χ3n) is 4.46. The lowest BCUT2D eigenvalue weighted by molar-refractivity contribution is -0.0597. The van der Waals surface area contributed by atoms with Gasteiger partial charge in [0, 0.05) is 0 Å². The first-order valence-electron chi connectivity index (χ1n) is 8.14. The number of phosphoric ester groups is 1. The molecule has 1 aliphatic carbocycles. The molecular weight excluding hydrogens is 508 g/mol. The molecule has 32 heavy (non-hydrogen) atoms. The molecule has 2 fully saturated rings. The predicted molar refractivity (Wildman–Crippen MR) is 96.6 cm³/mol. The summed E-state index contributed by atoms with van der Waals surface area (Å²) in [6, 6.07) is 0. The van der Waals surface area contributed by atoms with E-state index in [1.54, 1.807) is 0 Å². The molecule has 3 heterocycles. The van der Waals surface area contributed by atoms with E-state index < -0.39 is 53.7 Å². The van der Waals surface area contributed by atoms with Crippen LogP contribution in [0.4, 0.5) is 16.2 Å². The van der Waals surface area contributed by atoms with E-state index in [0.717, 1.165) is 10.9 Å². The number of imidazole rings is 1. The lowest BCUT2D eigenvalue weighted by Gasteiger charge is -2.23. The summed E-state index contributed by atoms with van der Waals surface area (Å²) in [5.74, 6) is -0.353. The Labute approximate surface area is 175 Å². The summed E-state index contributed by atoms with van der Waals surface area (Å²) in [5.41, 5.74) is 8.69. The van der Waals surface area contributed by atoms with Crippen LogP contribution < -0.4 is 11.5 Å². The highest BCUT2D eigenvalue weighted by atomic mass is 31.3. The summed E-state index contributed by atoms with van der Waals surface area (Å²) in [5, 5.41) is 10.5. The van der Waals surface area contributed by atoms with E-state index in [4.69, 9.17) is 30.9 Å². The van der Waals surface area contributed by atoms with E-state index in [1.165, 1.54) is 0 Å². The van der Waals surface area contributed by atoms with Gasteiger partial charge in [0.2, 0.25) is 5.95 Å². The molecule has 0 bridgehead atoms. The minimum atomic E-state index is -5.79. The van der Waals surface area contributed by atoms with Crippen LogP contribution in [-0.2, 0) is 31.6 Å². The van der Waals surface area contributed by atoms with Crippen LogP contribution in [-0.4, -0.2) is 68.2 Å². The van der Waals surface area contributed by atoms with Gasteiger partial charge >= 0.3 is 23.5 Å². The van der Waals surface area contributed by atoms with E-state index in [2.05, 4.69) is 28.1 Å². The average molecular weight is 522 g/mol. The van der Waals surface area contributed by atoms with Crippen LogP contribution in [0.25, 0.3) is 11.2 Å². The Bertz CT molecular complexity index is 1240. The SMILES string of the molecule is Nc1nc(N)c2ncn([C@@H]3O[C@@H]4C(OP(=O)(O)OP(=O)(O)OP(=O)(O)O)[C@]4(O)[C@H]3F)c2n1. The molecule has 9 N–H and O–H groups in total. The number of ether oxygens (including phenoxy) is 1. The average Bonchev–Trinajstić information content (AvgIpc) is 2.88. The van der Waals surface area contributed by atoms with Crippen LogP contribution in [0.3, 0.4) is 0 Å². The Balaban J connectivity index is 1.50. The lowest BCUT2D eigenvalue weighted by atomic mass is 10.2. The molecule has 7 atom stereocenters. The largest absolute Gasteiger partial charge is 0.490 e. The standard InChI is InChI=1S/C10H14FN6O12P3/c11-3-8(17-1-14-2-6(12)15-9(13)16-7(2)17)26-4-5(10(3,4)18)27-31(22,23)29-32(24,25)28-30(19,20)21/h1,3-5,8,18H,(H,22,23)(H,24,25)(H2,19,20,21)(H4,12,13,15,16)/t3-,4+,5?,8+,10-/m0/s1. The number of aromatic nitrogens is 4. The first-order chi connectivity index (χ1) is 14.5. The minimum absolute atomic E-state index is 0.0306. The second-order valence-electron chi connectivity index (χ2n) is 6.64. The van der Waals surface area contributed by atoms with Gasteiger partial charge in [-0.25, -0.2) is 23.1 Å². The van der Waals surface area contributed by atoms with Gasteiger partial charge in [0.15, 0.2) is 29.5 Å². The second-order valence-corrected chi connectivity index (χ2v) is 11.0. The van der Waals surface area contributed by atoms with Crippen molar-refractivity contribution >= 4 is 46.4 Å². The number of hydrogen-bond donors (Lipinski definition) is 7. The molecule has 1 aliphatic heterocycles. The summed E-state index contributed by atoms with van der Waals surface area (Å²) in [6.45, 7) is 0. The van der Waals surface area contributed by atoms with Crippen LogP contribution >= 0.6 is 23.5 Å². The van der Waals surface area contributed by atoms with Gasteiger partial charge in [-0.05, 0) is 0 Å². The summed E-state index contributed by atoms with van der Waals surface area (Å²) >= 11 is 0. The number of rotatable bonds is 7. The number of nitrogen functional groups attached to an aromatic ring is 2. The predicted octanol–water partition coefficient (Wildman–Crippen LogP) is -1.32. The monoisotopic (exact) mass is 522 g/mol. The number of anilines is 2. The van der Waals surface area contributed by atoms with Crippen LogP contribution in [0.5, 0.6) is 0 Å². The number of nitrogens with two attached hydrogens (primary N) is 2. The molecule has 18 nitrogen and oxygen atoms in total. The van der Waals surface area contributed by atoms with Crippen molar-refractivity contribution in [2.24, 2.45) is 0 Å². The van der Waals surface area contributed by atoms with Crippen molar-refractivity contribution in [3.05, 3.63) is 6.33 Å². The highest BCUT2D eigenvalue weighted by Gasteiger charge is 2.80. The van der Waals surface area contributed by atoms with Gasteiger partial charge in [-0.2, -0.15) is 18.6 Å². The van der Waals surface area contributed by atoms with Crippen molar-refractivity contribution in [2.45, 2.75) is 30.2 Å². The Hall–Kier alpha value is -1.59. The zero-order valence-electron chi connectivity index (χ0n) is 15.1. The van der Waals surface area contributed by atoms with Crippen molar-refractivity contribution in [3.8, 4) is 0 Å². The van der Waals surface area contributed by atoms with Crippen molar-refractivity contribution < 1.29 is 60.6 Å². The van der Waals surface area contributed by atoms with E-state index in [0.29, 0.717) is 0 Å². The van der Waals surface area contributed by atoms with Crippen LogP contribution in [0.15, 0.2) is 6.33 Å². The van der Waals surface area contributed by atoms with Crippen LogP contribution in [0.2, 0.25) is 0 Å². The van der Waals surface area contributed by atoms with Gasteiger partial charge < -0.3 is 40.9 Å². The number of aliphatic hydroxyl groups is 1. The first-order valence-corrected chi connectivity index (χ1v) is 12.7. The molecule has 22 heteroatoms. The summed E-state index contributed by atoms with van der Waals surface area (Å²) < 4.78 is 66.8. The Kier molecular flexibility index (Phi) is 5.30. The van der Waals surface area contributed by atoms with E-state index in [-0.39, 0.29) is 22.9 Å². The third kappa shape index (κ3) is 4.07. The fraction of sp³-hybridized carbons (Fsp3) is 0.500. The lowest BCUT2D eigenvalue weighted by Crippen LogP contribution is -2.34. The number of hydrogen-bond acceptors (Lipinski definition) is 13. The molecule has 1 saturated heterocycles. The van der Waals surface area contributed by atoms with Gasteiger partial charge in [0.05, 0.1) is 6.33 Å². The van der Waals surface area contributed by atoms with E-state index >= 15 is 4.39 Å². The van der Waals surface area contributed by atoms with Gasteiger partial charge in [-0.15, -0.1) is 0 Å².